The Labute approximate surface area is 324 Å². The molecule has 16 heteroatoms. The average Bonchev–Trinajstić information content (AvgIpc) is 4.01. The van der Waals surface area contributed by atoms with Gasteiger partial charge in [-0.25, -0.2) is 13.2 Å². The van der Waals surface area contributed by atoms with E-state index in [4.69, 9.17) is 16.3 Å². The van der Waals surface area contributed by atoms with Gasteiger partial charge in [0, 0.05) is 23.9 Å². The van der Waals surface area contributed by atoms with Crippen LogP contribution in [-0.4, -0.2) is 71.5 Å². The molecular formula is C39H48ClF3N4O7S. The van der Waals surface area contributed by atoms with Crippen molar-refractivity contribution in [1.82, 2.24) is 19.8 Å². The highest BCUT2D eigenvalue weighted by molar-refractivity contribution is 7.91. The lowest BCUT2D eigenvalue weighted by atomic mass is 9.76. The van der Waals surface area contributed by atoms with Crippen LogP contribution in [0.2, 0.25) is 5.02 Å². The van der Waals surface area contributed by atoms with Crippen LogP contribution < -0.4 is 10.0 Å². The number of ether oxygens (including phenoxy) is 1. The normalized spacial score (nSPS) is 25.4. The number of nitrogens with one attached hydrogen (secondary N) is 2. The van der Waals surface area contributed by atoms with Crippen LogP contribution in [0.4, 0.5) is 18.0 Å². The van der Waals surface area contributed by atoms with Gasteiger partial charge in [0.2, 0.25) is 21.8 Å². The maximum absolute atomic E-state index is 14.6. The van der Waals surface area contributed by atoms with Gasteiger partial charge in [0.05, 0.1) is 23.9 Å². The van der Waals surface area contributed by atoms with Gasteiger partial charge in [-0.3, -0.25) is 24.0 Å². The number of rotatable bonds is 10. The molecule has 5 aliphatic rings. The molecule has 7 rings (SSSR count). The highest BCUT2D eigenvalue weighted by Crippen LogP contribution is 2.57. The minimum Gasteiger partial charge on any atom is -0.444 e. The predicted octanol–water partition coefficient (Wildman–Crippen LogP) is 6.21. The SMILES string of the molecule is C.CC(C)(C)[C@H](Cc1cccc(C(F)(F)F)c1)C(=O)N1C[C@H](OC(=O)N2Cc3cccc(Cl)c3C2)C[C@H]1C(=O)N[C@]1(C(=O)NS(=O)(=O)C2CC2)C[C@H]1C1CC1. The summed E-state index contributed by atoms with van der Waals surface area (Å²) in [4.78, 5) is 58.9. The maximum atomic E-state index is 14.6. The number of benzene rings is 2. The first kappa shape index (κ1) is 40.8. The van der Waals surface area contributed by atoms with E-state index < -0.39 is 79.8 Å². The van der Waals surface area contributed by atoms with E-state index in [2.05, 4.69) is 10.0 Å². The van der Waals surface area contributed by atoms with Crippen LogP contribution in [0.25, 0.3) is 0 Å². The number of sulfonamides is 1. The first-order chi connectivity index (χ1) is 25.3. The van der Waals surface area contributed by atoms with Crippen molar-refractivity contribution in [2.24, 2.45) is 23.2 Å². The minimum absolute atomic E-state index is 0. The first-order valence-corrected chi connectivity index (χ1v) is 20.3. The number of likely N-dealkylation sites (tertiary alicyclic amines) is 1. The fourth-order valence-corrected chi connectivity index (χ4v) is 9.60. The Morgan fingerprint density at radius 2 is 1.71 bits per heavy atom. The van der Waals surface area contributed by atoms with Crippen molar-refractivity contribution in [3.63, 3.8) is 0 Å². The van der Waals surface area contributed by atoms with Crippen molar-refractivity contribution in [2.45, 2.75) is 115 Å². The number of hydrogen-bond donors (Lipinski definition) is 2. The summed E-state index contributed by atoms with van der Waals surface area (Å²) in [5, 5.41) is 2.70. The summed E-state index contributed by atoms with van der Waals surface area (Å²) >= 11 is 6.36. The summed E-state index contributed by atoms with van der Waals surface area (Å²) in [7, 11) is -3.92. The predicted molar refractivity (Wildman–Crippen MR) is 198 cm³/mol. The molecule has 0 radical (unpaired) electrons. The summed E-state index contributed by atoms with van der Waals surface area (Å²) in [5.74, 6) is -3.06. The number of hydrogen-bond acceptors (Lipinski definition) is 7. The first-order valence-electron chi connectivity index (χ1n) is 18.3. The molecule has 2 heterocycles. The molecule has 2 aliphatic heterocycles. The lowest BCUT2D eigenvalue weighted by Crippen LogP contribution is -2.57. The molecule has 4 amide bonds. The second-order valence-electron chi connectivity index (χ2n) is 16.6. The summed E-state index contributed by atoms with van der Waals surface area (Å²) < 4.78 is 74.5. The molecule has 0 spiro atoms. The molecule has 0 aromatic heterocycles. The number of amides is 4. The lowest BCUT2D eigenvalue weighted by Gasteiger charge is -2.35. The van der Waals surface area contributed by atoms with Crippen LogP contribution in [-0.2, 0) is 54.8 Å². The fourth-order valence-electron chi connectivity index (χ4n) is 7.98. The van der Waals surface area contributed by atoms with Crippen LogP contribution in [0, 0.1) is 23.2 Å². The van der Waals surface area contributed by atoms with E-state index in [9.17, 15) is 40.8 Å². The topological polar surface area (TPSA) is 142 Å². The maximum Gasteiger partial charge on any atom is 0.416 e. The highest BCUT2D eigenvalue weighted by atomic mass is 35.5. The zero-order valence-electron chi connectivity index (χ0n) is 30.2. The fraction of sp³-hybridized carbons (Fsp3) is 0.590. The van der Waals surface area contributed by atoms with Gasteiger partial charge in [0.25, 0.3) is 5.91 Å². The highest BCUT2D eigenvalue weighted by Gasteiger charge is 2.67. The van der Waals surface area contributed by atoms with Crippen molar-refractivity contribution >= 4 is 45.4 Å². The number of nitrogens with zero attached hydrogens (tertiary/aromatic N) is 2. The average molecular weight is 809 g/mol. The molecular weight excluding hydrogens is 761 g/mol. The number of halogens is 4. The van der Waals surface area contributed by atoms with Gasteiger partial charge >= 0.3 is 12.3 Å². The quantitative estimate of drug-likeness (QED) is 0.291. The summed E-state index contributed by atoms with van der Waals surface area (Å²) in [6, 6.07) is 8.91. The van der Waals surface area contributed by atoms with E-state index >= 15 is 0 Å². The van der Waals surface area contributed by atoms with Crippen molar-refractivity contribution in [3.05, 3.63) is 69.7 Å². The Bertz CT molecular complexity index is 1980. The largest absolute Gasteiger partial charge is 0.444 e. The van der Waals surface area contributed by atoms with E-state index in [1.165, 1.54) is 21.9 Å². The Morgan fingerprint density at radius 3 is 2.33 bits per heavy atom. The molecule has 3 saturated carbocycles. The number of carbonyl (C=O) groups excluding carboxylic acids is 4. The molecule has 2 aromatic rings. The smallest absolute Gasteiger partial charge is 0.416 e. The molecule has 0 unspecified atom stereocenters. The Hall–Kier alpha value is -3.85. The monoisotopic (exact) mass is 808 g/mol. The van der Waals surface area contributed by atoms with Crippen molar-refractivity contribution < 1.29 is 45.5 Å². The standard InChI is InChI=1S/C38H44ClF3N4O7S.CH4/c1-36(2,3)28(15-21-6-4-8-24(14-21)38(40,41)42)33(48)46-19-25(53-35(50)45-18-23-7-5-9-30(39)27(23)20-45)16-31(46)32(47)43-37(17-29(37)22-10-11-22)34(49)44-54(51,52)26-12-13-26;/h4-9,14,22,25-26,28-29,31H,10-13,15-20H2,1-3H3,(H,43,47)(H,44,49);1H4/t25-,28-,29+,31+,37-;/m1./s1. The third kappa shape index (κ3) is 8.47. The van der Waals surface area contributed by atoms with Gasteiger partial charge in [-0.05, 0) is 84.6 Å². The van der Waals surface area contributed by atoms with E-state index in [-0.39, 0.29) is 63.7 Å². The van der Waals surface area contributed by atoms with Crippen LogP contribution >= 0.6 is 11.6 Å². The zero-order chi connectivity index (χ0) is 39.0. The minimum atomic E-state index is -4.59. The van der Waals surface area contributed by atoms with Crippen LogP contribution in [0.5, 0.6) is 0 Å². The molecule has 4 fully saturated rings. The number of carbonyl (C=O) groups is 4. The Kier molecular flexibility index (Phi) is 10.8. The van der Waals surface area contributed by atoms with Gasteiger partial charge in [-0.1, -0.05) is 70.1 Å². The van der Waals surface area contributed by atoms with Crippen LogP contribution in [0.15, 0.2) is 42.5 Å². The molecule has 0 bridgehead atoms. The van der Waals surface area contributed by atoms with Gasteiger partial charge in [0.1, 0.15) is 17.7 Å². The Balaban J connectivity index is 0.00000514. The van der Waals surface area contributed by atoms with Gasteiger partial charge in [-0.15, -0.1) is 0 Å². The molecule has 3 aliphatic carbocycles. The van der Waals surface area contributed by atoms with E-state index in [0.717, 1.165) is 36.1 Å². The second kappa shape index (κ2) is 14.6. The summed E-state index contributed by atoms with van der Waals surface area (Å²) in [6.07, 6.45) is -3.57. The van der Waals surface area contributed by atoms with E-state index in [1.807, 2.05) is 6.07 Å². The molecule has 2 N–H and O–H groups in total. The molecule has 11 nitrogen and oxygen atoms in total. The number of fused-ring (bicyclic) bond motifs is 1. The summed E-state index contributed by atoms with van der Waals surface area (Å²) in [6.45, 7) is 5.63. The lowest BCUT2D eigenvalue weighted by molar-refractivity contribution is -0.145. The van der Waals surface area contributed by atoms with Gasteiger partial charge in [-0.2, -0.15) is 13.2 Å². The van der Waals surface area contributed by atoms with Gasteiger partial charge < -0.3 is 15.0 Å². The van der Waals surface area contributed by atoms with Crippen LogP contribution in [0.3, 0.4) is 0 Å². The molecule has 1 saturated heterocycles. The van der Waals surface area contributed by atoms with Gasteiger partial charge in [0.15, 0.2) is 0 Å². The van der Waals surface area contributed by atoms with Crippen molar-refractivity contribution in [2.75, 3.05) is 6.54 Å². The zero-order valence-corrected chi connectivity index (χ0v) is 31.8. The molecule has 5 atom stereocenters. The summed E-state index contributed by atoms with van der Waals surface area (Å²) in [5.41, 5.74) is -1.17. The second-order valence-corrected chi connectivity index (χ2v) is 19.0. The molecule has 2 aromatic carbocycles. The molecule has 55 heavy (non-hydrogen) atoms. The Morgan fingerprint density at radius 1 is 1.02 bits per heavy atom. The van der Waals surface area contributed by atoms with E-state index in [1.54, 1.807) is 32.9 Å². The van der Waals surface area contributed by atoms with Crippen LogP contribution in [0.1, 0.15) is 89.0 Å². The van der Waals surface area contributed by atoms with Crippen molar-refractivity contribution in [3.8, 4) is 0 Å². The third-order valence-corrected chi connectivity index (χ3v) is 13.7. The van der Waals surface area contributed by atoms with Crippen molar-refractivity contribution in [1.29, 1.82) is 0 Å². The number of alkyl halides is 3. The molecule has 300 valence electrons. The van der Waals surface area contributed by atoms with E-state index in [0.29, 0.717) is 17.9 Å². The third-order valence-electron chi connectivity index (χ3n) is 11.5.